The molecule has 0 heterocycles. The van der Waals surface area contributed by atoms with Gasteiger partial charge in [0, 0.05) is 0 Å². The van der Waals surface area contributed by atoms with Crippen LogP contribution in [0.5, 0.6) is 0 Å². The van der Waals surface area contributed by atoms with Gasteiger partial charge in [0.2, 0.25) is 0 Å². The van der Waals surface area contributed by atoms with Crippen LogP contribution >= 0.6 is 0 Å². The summed E-state index contributed by atoms with van der Waals surface area (Å²) < 4.78 is 6.46. The molecule has 0 aliphatic rings. The Balaban J connectivity index is 4.50. The Morgan fingerprint density at radius 2 is 1.18 bits per heavy atom. The molecule has 0 aromatic carbocycles. The normalized spacial score (nSPS) is 12.5. The average molecular weight is 345 g/mol. The van der Waals surface area contributed by atoms with Crippen LogP contribution < -0.4 is 0 Å². The third-order valence-corrected chi connectivity index (χ3v) is 19.2. The van der Waals surface area contributed by atoms with Gasteiger partial charge >= 0.3 is 114 Å². The molecule has 0 bridgehead atoms. The van der Waals surface area contributed by atoms with Gasteiger partial charge in [0.25, 0.3) is 0 Å². The van der Waals surface area contributed by atoms with Crippen molar-refractivity contribution in [3.8, 4) is 0 Å². The van der Waals surface area contributed by atoms with Gasteiger partial charge in [-0.15, -0.1) is 0 Å². The van der Waals surface area contributed by atoms with Crippen molar-refractivity contribution in [3.05, 3.63) is 12.2 Å². The molecule has 0 rings (SSSR count). The van der Waals surface area contributed by atoms with E-state index in [-0.39, 0.29) is 0 Å². The Labute approximate surface area is 114 Å². The quantitative estimate of drug-likeness (QED) is 0.300. The molecule has 0 spiro atoms. The van der Waals surface area contributed by atoms with E-state index in [0.717, 1.165) is 0 Å². The van der Waals surface area contributed by atoms with Crippen LogP contribution in [0.3, 0.4) is 0 Å². The van der Waals surface area contributed by atoms with E-state index in [0.29, 0.717) is 0 Å². The van der Waals surface area contributed by atoms with Crippen LogP contribution in [0.4, 0.5) is 0 Å². The minimum absolute atomic E-state index is 1.40. The van der Waals surface area contributed by atoms with Crippen molar-refractivity contribution >= 4 is 18.4 Å². The number of hydrogen-bond donors (Lipinski definition) is 0. The van der Waals surface area contributed by atoms with Crippen LogP contribution in [0, 0.1) is 0 Å². The molecule has 17 heavy (non-hydrogen) atoms. The zero-order valence-electron chi connectivity index (χ0n) is 12.7. The van der Waals surface area contributed by atoms with E-state index in [9.17, 15) is 0 Å². The third-order valence-electron chi connectivity index (χ3n) is 3.97. The van der Waals surface area contributed by atoms with Crippen molar-refractivity contribution in [3.63, 3.8) is 0 Å². The van der Waals surface area contributed by atoms with Crippen molar-refractivity contribution in [2.24, 2.45) is 0 Å². The molecule has 0 aromatic heterocycles. The van der Waals surface area contributed by atoms with E-state index in [2.05, 4.69) is 39.8 Å². The fraction of sp³-hybridized carbons (Fsp3) is 0.875. The number of unbranched alkanes of at least 4 members (excludes halogenated alkanes) is 3. The van der Waals surface area contributed by atoms with Crippen LogP contribution in [0.15, 0.2) is 12.2 Å². The van der Waals surface area contributed by atoms with Crippen molar-refractivity contribution in [1.29, 1.82) is 0 Å². The molecule has 0 fully saturated rings. The first kappa shape index (κ1) is 17.5. The molecule has 102 valence electrons. The SMILES string of the molecule is C/C=C/[CH2][Sn]([CH2]CCC)([CH2]CCC)[CH2]CCC. The zero-order chi connectivity index (χ0) is 13.0. The number of hydrogen-bond acceptors (Lipinski definition) is 0. The average Bonchev–Trinajstić information content (AvgIpc) is 2.37. The molecule has 0 unspecified atom stereocenters. The minimum atomic E-state index is -1.78. The molecule has 0 aliphatic heterocycles. The second kappa shape index (κ2) is 11.6. The van der Waals surface area contributed by atoms with Crippen LogP contribution in [0.2, 0.25) is 17.7 Å². The summed E-state index contributed by atoms with van der Waals surface area (Å²) in [6.07, 6.45) is 13.5. The van der Waals surface area contributed by atoms with E-state index < -0.39 is 18.4 Å². The molecular formula is C16H34Sn. The van der Waals surface area contributed by atoms with Crippen molar-refractivity contribution in [1.82, 2.24) is 0 Å². The second-order valence-corrected chi connectivity index (χ2v) is 19.6. The van der Waals surface area contributed by atoms with Gasteiger partial charge in [-0.25, -0.2) is 0 Å². The van der Waals surface area contributed by atoms with Gasteiger partial charge in [0.1, 0.15) is 0 Å². The Morgan fingerprint density at radius 1 is 0.765 bits per heavy atom. The van der Waals surface area contributed by atoms with Gasteiger partial charge in [0.15, 0.2) is 0 Å². The van der Waals surface area contributed by atoms with Gasteiger partial charge < -0.3 is 0 Å². The topological polar surface area (TPSA) is 0 Å². The first-order valence-electron chi connectivity index (χ1n) is 7.85. The van der Waals surface area contributed by atoms with Gasteiger partial charge in [-0.05, 0) is 0 Å². The van der Waals surface area contributed by atoms with E-state index in [1.807, 2.05) is 0 Å². The predicted molar refractivity (Wildman–Crippen MR) is 84.5 cm³/mol. The van der Waals surface area contributed by atoms with Gasteiger partial charge in [0.05, 0.1) is 0 Å². The summed E-state index contributed by atoms with van der Waals surface area (Å²) in [5.41, 5.74) is 0. The standard InChI is InChI=1S/3C4H9.C4H7.Sn/c4*1-3-4-2;/h3*1,3-4H2,2H3;3-4H,1H2,2H3;/b;;;4-3+;. The third kappa shape index (κ3) is 8.29. The number of rotatable bonds is 11. The molecule has 0 N–H and O–H groups in total. The van der Waals surface area contributed by atoms with E-state index in [4.69, 9.17) is 0 Å². The molecule has 1 heteroatoms. The summed E-state index contributed by atoms with van der Waals surface area (Å²) in [6.45, 7) is 9.25. The molecule has 0 atom stereocenters. The monoisotopic (exact) mass is 346 g/mol. The molecule has 0 amide bonds. The second-order valence-electron chi connectivity index (χ2n) is 5.58. The van der Waals surface area contributed by atoms with Gasteiger partial charge in [-0.1, -0.05) is 0 Å². The Morgan fingerprint density at radius 3 is 1.47 bits per heavy atom. The Kier molecular flexibility index (Phi) is 12.0. The molecule has 0 saturated carbocycles. The maximum atomic E-state index is 2.50. The molecule has 0 nitrogen and oxygen atoms in total. The van der Waals surface area contributed by atoms with E-state index in [1.54, 1.807) is 13.3 Å². The summed E-state index contributed by atoms with van der Waals surface area (Å²) in [6, 6.07) is 0. The summed E-state index contributed by atoms with van der Waals surface area (Å²) in [7, 11) is 0. The van der Waals surface area contributed by atoms with Crippen molar-refractivity contribution < 1.29 is 0 Å². The molecule has 0 aliphatic carbocycles. The first-order chi connectivity index (χ1) is 8.24. The maximum absolute atomic E-state index is 2.50. The Hall–Kier alpha value is 0.539. The van der Waals surface area contributed by atoms with Crippen molar-refractivity contribution in [2.45, 2.75) is 84.0 Å². The predicted octanol–water partition coefficient (Wildman–Crippen LogP) is 6.41. The van der Waals surface area contributed by atoms with Crippen LogP contribution in [0.1, 0.15) is 66.2 Å². The van der Waals surface area contributed by atoms with Crippen LogP contribution in [0.25, 0.3) is 0 Å². The summed E-state index contributed by atoms with van der Waals surface area (Å²) in [5, 5.41) is 0. The molecule has 0 radical (unpaired) electrons. The fourth-order valence-electron chi connectivity index (χ4n) is 2.70. The van der Waals surface area contributed by atoms with E-state index >= 15 is 0 Å². The first-order valence-corrected chi connectivity index (χ1v) is 15.9. The van der Waals surface area contributed by atoms with E-state index in [1.165, 1.54) is 43.0 Å². The summed E-state index contributed by atoms with van der Waals surface area (Å²) >= 11 is -1.78. The molecule has 0 saturated heterocycles. The zero-order valence-corrected chi connectivity index (χ0v) is 15.6. The van der Waals surface area contributed by atoms with Crippen molar-refractivity contribution in [2.75, 3.05) is 0 Å². The van der Waals surface area contributed by atoms with Gasteiger partial charge in [-0.2, -0.15) is 0 Å². The fourth-order valence-corrected chi connectivity index (χ4v) is 18.1. The molecular weight excluding hydrogens is 311 g/mol. The van der Waals surface area contributed by atoms with Gasteiger partial charge in [-0.3, -0.25) is 0 Å². The van der Waals surface area contributed by atoms with Crippen LogP contribution in [-0.2, 0) is 0 Å². The Bertz CT molecular complexity index is 162. The summed E-state index contributed by atoms with van der Waals surface area (Å²) in [4.78, 5) is 0. The molecule has 0 aromatic rings. The summed E-state index contributed by atoms with van der Waals surface area (Å²) in [5.74, 6) is 0. The number of allylic oxidation sites excluding steroid dienone is 2. The van der Waals surface area contributed by atoms with Crippen LogP contribution in [-0.4, -0.2) is 18.4 Å².